The second-order valence-corrected chi connectivity index (χ2v) is 4.96. The number of nitrogens with one attached hydrogen (secondary N) is 1. The minimum atomic E-state index is -0.240. The van der Waals surface area contributed by atoms with Crippen LogP contribution in [0.1, 0.15) is 10.4 Å². The highest BCUT2D eigenvalue weighted by molar-refractivity contribution is 7.98. The fraction of sp³-hybridized carbons (Fsp3) is 0.133. The first-order valence-corrected chi connectivity index (χ1v) is 7.26. The van der Waals surface area contributed by atoms with E-state index in [1.165, 1.54) is 7.11 Å². The highest BCUT2D eigenvalue weighted by Crippen LogP contribution is 2.27. The van der Waals surface area contributed by atoms with Gasteiger partial charge in [-0.05, 0) is 36.6 Å². The summed E-state index contributed by atoms with van der Waals surface area (Å²) >= 11 is 1.58. The zero-order valence-electron chi connectivity index (χ0n) is 11.3. The van der Waals surface area contributed by atoms with Crippen molar-refractivity contribution in [2.75, 3.05) is 24.4 Å². The number of amides is 1. The Labute approximate surface area is 122 Å². The van der Waals surface area contributed by atoms with E-state index in [-0.39, 0.29) is 5.91 Å². The monoisotopic (exact) mass is 288 g/mol. The van der Waals surface area contributed by atoms with E-state index in [1.54, 1.807) is 30.0 Å². The van der Waals surface area contributed by atoms with Gasteiger partial charge < -0.3 is 15.8 Å². The van der Waals surface area contributed by atoms with Crippen LogP contribution in [-0.4, -0.2) is 19.3 Å². The van der Waals surface area contributed by atoms with Crippen LogP contribution in [0.2, 0.25) is 0 Å². The minimum absolute atomic E-state index is 0.240. The molecule has 0 saturated carbocycles. The molecule has 0 aliphatic heterocycles. The second kappa shape index (κ2) is 6.34. The number of methoxy groups -OCH3 is 1. The average Bonchev–Trinajstić information content (AvgIpc) is 2.47. The molecule has 0 heterocycles. The lowest BCUT2D eigenvalue weighted by atomic mass is 10.1. The molecule has 0 aliphatic rings. The molecule has 2 rings (SSSR count). The van der Waals surface area contributed by atoms with Gasteiger partial charge in [-0.1, -0.05) is 12.1 Å². The topological polar surface area (TPSA) is 64.3 Å². The number of hydrogen-bond donors (Lipinski definition) is 2. The molecular formula is C15H16N2O2S. The Morgan fingerprint density at radius 1 is 1.25 bits per heavy atom. The van der Waals surface area contributed by atoms with Crippen molar-refractivity contribution in [1.82, 2.24) is 0 Å². The maximum atomic E-state index is 12.4. The first-order valence-electron chi connectivity index (χ1n) is 6.03. The van der Waals surface area contributed by atoms with Crippen LogP contribution in [0.4, 0.5) is 11.4 Å². The van der Waals surface area contributed by atoms with E-state index in [0.717, 1.165) is 10.6 Å². The Kier molecular flexibility index (Phi) is 4.53. The van der Waals surface area contributed by atoms with Crippen molar-refractivity contribution in [3.8, 4) is 5.75 Å². The Bertz CT molecular complexity index is 629. The van der Waals surface area contributed by atoms with Crippen LogP contribution >= 0.6 is 11.8 Å². The molecule has 3 N–H and O–H groups in total. The summed E-state index contributed by atoms with van der Waals surface area (Å²) < 4.78 is 5.19. The summed E-state index contributed by atoms with van der Waals surface area (Å²) in [5.74, 6) is 0.258. The van der Waals surface area contributed by atoms with E-state index in [0.29, 0.717) is 17.0 Å². The molecule has 0 unspecified atom stereocenters. The molecule has 0 aromatic heterocycles. The summed E-state index contributed by atoms with van der Waals surface area (Å²) in [6.45, 7) is 0. The number of carbonyl (C=O) groups is 1. The van der Waals surface area contributed by atoms with Crippen LogP contribution < -0.4 is 15.8 Å². The Balaban J connectivity index is 2.30. The number of para-hydroxylation sites is 1. The van der Waals surface area contributed by atoms with Gasteiger partial charge in [0.2, 0.25) is 0 Å². The van der Waals surface area contributed by atoms with E-state index in [9.17, 15) is 4.79 Å². The Morgan fingerprint density at radius 3 is 2.70 bits per heavy atom. The number of hydrogen-bond acceptors (Lipinski definition) is 4. The van der Waals surface area contributed by atoms with Crippen molar-refractivity contribution >= 4 is 29.0 Å². The summed E-state index contributed by atoms with van der Waals surface area (Å²) in [5.41, 5.74) is 7.44. The largest absolute Gasteiger partial charge is 0.496 e. The molecule has 20 heavy (non-hydrogen) atoms. The van der Waals surface area contributed by atoms with E-state index in [1.807, 2.05) is 30.5 Å². The first kappa shape index (κ1) is 14.3. The van der Waals surface area contributed by atoms with Gasteiger partial charge >= 0.3 is 0 Å². The predicted octanol–water partition coefficient (Wildman–Crippen LogP) is 3.25. The van der Waals surface area contributed by atoms with Gasteiger partial charge in [0.15, 0.2) is 0 Å². The molecule has 104 valence electrons. The second-order valence-electron chi connectivity index (χ2n) is 4.11. The number of carbonyl (C=O) groups excluding carboxylic acids is 1. The van der Waals surface area contributed by atoms with Gasteiger partial charge in [-0.25, -0.2) is 0 Å². The normalized spacial score (nSPS) is 10.1. The molecule has 2 aromatic rings. The lowest BCUT2D eigenvalue weighted by Crippen LogP contribution is -2.14. The van der Waals surface area contributed by atoms with Crippen molar-refractivity contribution in [1.29, 1.82) is 0 Å². The SMILES string of the molecule is COc1ccc(N)cc1C(=O)Nc1ccccc1SC. The summed E-state index contributed by atoms with van der Waals surface area (Å²) in [4.78, 5) is 13.4. The lowest BCUT2D eigenvalue weighted by Gasteiger charge is -2.12. The fourth-order valence-electron chi connectivity index (χ4n) is 1.84. The van der Waals surface area contributed by atoms with Crippen LogP contribution in [0.25, 0.3) is 0 Å². The molecule has 0 saturated heterocycles. The molecule has 0 spiro atoms. The van der Waals surface area contributed by atoms with E-state index >= 15 is 0 Å². The van der Waals surface area contributed by atoms with Gasteiger partial charge in [-0.3, -0.25) is 4.79 Å². The maximum absolute atomic E-state index is 12.4. The highest BCUT2D eigenvalue weighted by atomic mass is 32.2. The predicted molar refractivity (Wildman–Crippen MR) is 83.6 cm³/mol. The number of thioether (sulfide) groups is 1. The smallest absolute Gasteiger partial charge is 0.259 e. The van der Waals surface area contributed by atoms with Gasteiger partial charge in [-0.2, -0.15) is 0 Å². The number of anilines is 2. The van der Waals surface area contributed by atoms with E-state index in [2.05, 4.69) is 5.32 Å². The van der Waals surface area contributed by atoms with Gasteiger partial charge in [0.25, 0.3) is 5.91 Å². The van der Waals surface area contributed by atoms with Crippen LogP contribution in [0.5, 0.6) is 5.75 Å². The number of ether oxygens (including phenoxy) is 1. The third-order valence-electron chi connectivity index (χ3n) is 2.82. The summed E-state index contributed by atoms with van der Waals surface area (Å²) in [6, 6.07) is 12.6. The number of benzene rings is 2. The average molecular weight is 288 g/mol. The van der Waals surface area contributed by atoms with E-state index in [4.69, 9.17) is 10.5 Å². The van der Waals surface area contributed by atoms with E-state index < -0.39 is 0 Å². The van der Waals surface area contributed by atoms with Gasteiger partial charge in [-0.15, -0.1) is 11.8 Å². The zero-order valence-corrected chi connectivity index (χ0v) is 12.2. The third kappa shape index (κ3) is 3.05. The van der Waals surface area contributed by atoms with Crippen LogP contribution in [0.3, 0.4) is 0 Å². The van der Waals surface area contributed by atoms with Crippen molar-refractivity contribution < 1.29 is 9.53 Å². The summed E-state index contributed by atoms with van der Waals surface area (Å²) in [6.07, 6.45) is 1.96. The molecule has 0 atom stereocenters. The first-order chi connectivity index (χ1) is 9.65. The summed E-state index contributed by atoms with van der Waals surface area (Å²) in [5, 5.41) is 2.88. The molecule has 0 aliphatic carbocycles. The Morgan fingerprint density at radius 2 is 2.00 bits per heavy atom. The van der Waals surface area contributed by atoms with Gasteiger partial charge in [0, 0.05) is 10.6 Å². The van der Waals surface area contributed by atoms with Crippen molar-refractivity contribution in [2.24, 2.45) is 0 Å². The summed E-state index contributed by atoms with van der Waals surface area (Å²) in [7, 11) is 1.53. The molecule has 4 nitrogen and oxygen atoms in total. The number of nitrogens with two attached hydrogens (primary N) is 1. The van der Waals surface area contributed by atoms with Crippen molar-refractivity contribution in [2.45, 2.75) is 4.90 Å². The molecule has 0 bridgehead atoms. The molecule has 1 amide bonds. The van der Waals surface area contributed by atoms with Crippen molar-refractivity contribution in [3.63, 3.8) is 0 Å². The van der Waals surface area contributed by atoms with Crippen LogP contribution in [0.15, 0.2) is 47.4 Å². The van der Waals surface area contributed by atoms with Crippen LogP contribution in [0, 0.1) is 0 Å². The fourth-order valence-corrected chi connectivity index (χ4v) is 2.39. The van der Waals surface area contributed by atoms with Gasteiger partial charge in [0.05, 0.1) is 18.4 Å². The van der Waals surface area contributed by atoms with Gasteiger partial charge in [0.1, 0.15) is 5.75 Å². The van der Waals surface area contributed by atoms with Crippen molar-refractivity contribution in [3.05, 3.63) is 48.0 Å². The minimum Gasteiger partial charge on any atom is -0.496 e. The molecule has 2 aromatic carbocycles. The standard InChI is InChI=1S/C15H16N2O2S/c1-19-13-8-7-10(16)9-11(13)15(18)17-12-5-3-4-6-14(12)20-2/h3-9H,16H2,1-2H3,(H,17,18). The molecule has 0 fully saturated rings. The molecule has 0 radical (unpaired) electrons. The molecular weight excluding hydrogens is 272 g/mol. The number of nitrogen functional groups attached to an aromatic ring is 1. The maximum Gasteiger partial charge on any atom is 0.259 e. The molecule has 5 heteroatoms. The van der Waals surface area contributed by atoms with Crippen LogP contribution in [-0.2, 0) is 0 Å². The third-order valence-corrected chi connectivity index (χ3v) is 3.62. The number of rotatable bonds is 4. The highest BCUT2D eigenvalue weighted by Gasteiger charge is 2.14. The Hall–Kier alpha value is -2.14. The zero-order chi connectivity index (χ0) is 14.5. The lowest BCUT2D eigenvalue weighted by molar-refractivity contribution is 0.102. The quantitative estimate of drug-likeness (QED) is 0.669.